The fourth-order valence-corrected chi connectivity index (χ4v) is 3.00. The van der Waals surface area contributed by atoms with E-state index in [4.69, 9.17) is 10.5 Å². The van der Waals surface area contributed by atoms with Crippen LogP contribution in [0.15, 0.2) is 0 Å². The quantitative estimate of drug-likeness (QED) is 0.841. The maximum Gasteiger partial charge on any atom is 0.453 e. The number of primary amides is 1. The molecular formula is C15H19F3N6O2. The Morgan fingerprint density at radius 1 is 1.27 bits per heavy atom. The van der Waals surface area contributed by atoms with Gasteiger partial charge in [0.25, 0.3) is 5.82 Å². The number of aromatic nitrogens is 4. The van der Waals surface area contributed by atoms with Crippen LogP contribution in [0.2, 0.25) is 0 Å². The minimum absolute atomic E-state index is 0.0380. The number of anilines is 1. The first-order valence-corrected chi connectivity index (χ1v) is 8.07. The van der Waals surface area contributed by atoms with E-state index in [1.165, 1.54) is 0 Å². The van der Waals surface area contributed by atoms with Crippen molar-refractivity contribution in [2.45, 2.75) is 32.9 Å². The Labute approximate surface area is 146 Å². The van der Waals surface area contributed by atoms with Crippen LogP contribution in [0.1, 0.15) is 29.8 Å². The summed E-state index contributed by atoms with van der Waals surface area (Å²) in [5, 5.41) is 13.8. The van der Waals surface area contributed by atoms with Crippen LogP contribution >= 0.6 is 0 Å². The number of nitrogens with two attached hydrogens (primary N) is 1. The summed E-state index contributed by atoms with van der Waals surface area (Å²) in [6, 6.07) is 0. The van der Waals surface area contributed by atoms with Crippen molar-refractivity contribution in [2.75, 3.05) is 25.1 Å². The molecule has 1 aliphatic heterocycles. The standard InChI is InChI=1S/C15H19F3N6O2/c1-8-9(2)11-21-22-13(15(16,17)18)24(11)23-10(8)20-7-14(12(19)25)3-5-26-6-4-14/h3-7H2,1-2H3,(H2,19,25)(H,20,23). The van der Waals surface area contributed by atoms with E-state index in [0.29, 0.717) is 41.7 Å². The number of halogens is 3. The van der Waals surface area contributed by atoms with Crippen molar-refractivity contribution in [3.8, 4) is 0 Å². The second-order valence-electron chi connectivity index (χ2n) is 6.47. The number of rotatable bonds is 4. The van der Waals surface area contributed by atoms with E-state index in [2.05, 4.69) is 20.6 Å². The van der Waals surface area contributed by atoms with Crippen molar-refractivity contribution in [2.24, 2.45) is 11.1 Å². The van der Waals surface area contributed by atoms with Crippen LogP contribution in [0, 0.1) is 19.3 Å². The molecule has 0 unspecified atom stereocenters. The molecule has 3 N–H and O–H groups in total. The fraction of sp³-hybridized carbons (Fsp3) is 0.600. The van der Waals surface area contributed by atoms with Crippen LogP contribution in [-0.4, -0.2) is 45.5 Å². The molecule has 0 atom stereocenters. The van der Waals surface area contributed by atoms with Gasteiger partial charge in [0, 0.05) is 25.3 Å². The van der Waals surface area contributed by atoms with Crippen molar-refractivity contribution in [3.63, 3.8) is 0 Å². The van der Waals surface area contributed by atoms with Crippen LogP contribution in [0.4, 0.5) is 19.0 Å². The molecule has 1 amide bonds. The summed E-state index contributed by atoms with van der Waals surface area (Å²) in [5.74, 6) is -1.44. The maximum absolute atomic E-state index is 13.1. The highest BCUT2D eigenvalue weighted by Gasteiger charge is 2.40. The minimum atomic E-state index is -4.68. The molecule has 1 saturated heterocycles. The molecule has 0 saturated carbocycles. The lowest BCUT2D eigenvalue weighted by atomic mass is 9.79. The average molecular weight is 372 g/mol. The Morgan fingerprint density at radius 2 is 1.92 bits per heavy atom. The summed E-state index contributed by atoms with van der Waals surface area (Å²) < 4.78 is 45.2. The highest BCUT2D eigenvalue weighted by Crippen LogP contribution is 2.32. The number of alkyl halides is 3. The third-order valence-corrected chi connectivity index (χ3v) is 4.91. The lowest BCUT2D eigenvalue weighted by Gasteiger charge is -2.34. The fourth-order valence-electron chi connectivity index (χ4n) is 3.00. The van der Waals surface area contributed by atoms with Crippen LogP contribution < -0.4 is 11.1 Å². The maximum atomic E-state index is 13.1. The van der Waals surface area contributed by atoms with Gasteiger partial charge < -0.3 is 15.8 Å². The molecule has 0 spiro atoms. The average Bonchev–Trinajstić information content (AvgIpc) is 3.02. The molecule has 1 aliphatic rings. The number of nitrogens with zero attached hydrogens (tertiary/aromatic N) is 4. The van der Waals surface area contributed by atoms with E-state index >= 15 is 0 Å². The minimum Gasteiger partial charge on any atom is -0.381 e. The van der Waals surface area contributed by atoms with Gasteiger partial charge in [-0.1, -0.05) is 0 Å². The topological polar surface area (TPSA) is 107 Å². The van der Waals surface area contributed by atoms with Gasteiger partial charge in [-0.05, 0) is 32.3 Å². The van der Waals surface area contributed by atoms with Gasteiger partial charge in [0.2, 0.25) is 5.91 Å². The van der Waals surface area contributed by atoms with Gasteiger partial charge in [0.05, 0.1) is 5.41 Å². The third-order valence-electron chi connectivity index (χ3n) is 4.91. The normalized spacial score (nSPS) is 17.4. The molecular weight excluding hydrogens is 353 g/mol. The Bertz CT molecular complexity index is 842. The predicted octanol–water partition coefficient (Wildman–Crippen LogP) is 1.45. The monoisotopic (exact) mass is 372 g/mol. The molecule has 2 aromatic rings. The van der Waals surface area contributed by atoms with E-state index in [0.717, 1.165) is 0 Å². The van der Waals surface area contributed by atoms with E-state index in [-0.39, 0.29) is 18.0 Å². The number of amides is 1. The van der Waals surface area contributed by atoms with Gasteiger partial charge in [0.15, 0.2) is 5.65 Å². The summed E-state index contributed by atoms with van der Waals surface area (Å²) in [7, 11) is 0. The molecule has 1 fully saturated rings. The van der Waals surface area contributed by atoms with Crippen LogP contribution in [-0.2, 0) is 15.7 Å². The smallest absolute Gasteiger partial charge is 0.381 e. The van der Waals surface area contributed by atoms with Crippen LogP contribution in [0.25, 0.3) is 5.65 Å². The van der Waals surface area contributed by atoms with Crippen molar-refractivity contribution < 1.29 is 22.7 Å². The number of nitrogens with one attached hydrogen (secondary N) is 1. The van der Waals surface area contributed by atoms with Crippen molar-refractivity contribution >= 4 is 17.4 Å². The Hall–Kier alpha value is -2.43. The number of ether oxygens (including phenoxy) is 1. The molecule has 0 bridgehead atoms. The van der Waals surface area contributed by atoms with Gasteiger partial charge in [-0.2, -0.15) is 17.7 Å². The molecule has 8 nitrogen and oxygen atoms in total. The molecule has 0 aliphatic carbocycles. The highest BCUT2D eigenvalue weighted by molar-refractivity contribution is 5.81. The lowest BCUT2D eigenvalue weighted by Crippen LogP contribution is -2.46. The Kier molecular flexibility index (Phi) is 4.51. The van der Waals surface area contributed by atoms with Crippen molar-refractivity contribution in [1.29, 1.82) is 0 Å². The first-order chi connectivity index (χ1) is 12.2. The van der Waals surface area contributed by atoms with Gasteiger partial charge in [-0.25, -0.2) is 0 Å². The molecule has 2 aromatic heterocycles. The van der Waals surface area contributed by atoms with Gasteiger partial charge in [-0.3, -0.25) is 4.79 Å². The van der Waals surface area contributed by atoms with E-state index in [1.807, 2.05) is 0 Å². The molecule has 26 heavy (non-hydrogen) atoms. The number of hydrogen-bond donors (Lipinski definition) is 2. The summed E-state index contributed by atoms with van der Waals surface area (Å²) in [6.45, 7) is 4.32. The Balaban J connectivity index is 1.97. The van der Waals surface area contributed by atoms with Crippen LogP contribution in [0.5, 0.6) is 0 Å². The Morgan fingerprint density at radius 3 is 2.50 bits per heavy atom. The molecule has 3 rings (SSSR count). The lowest BCUT2D eigenvalue weighted by molar-refractivity contribution is -0.146. The van der Waals surface area contributed by atoms with Gasteiger partial charge >= 0.3 is 6.18 Å². The number of aryl methyl sites for hydroxylation is 1. The zero-order valence-electron chi connectivity index (χ0n) is 14.4. The van der Waals surface area contributed by atoms with Crippen molar-refractivity contribution in [1.82, 2.24) is 19.8 Å². The summed E-state index contributed by atoms with van der Waals surface area (Å²) in [5.41, 5.74) is 5.92. The molecule has 11 heteroatoms. The molecule has 142 valence electrons. The largest absolute Gasteiger partial charge is 0.453 e. The number of fused-ring (bicyclic) bond motifs is 1. The predicted molar refractivity (Wildman–Crippen MR) is 85.4 cm³/mol. The second kappa shape index (κ2) is 6.38. The van der Waals surface area contributed by atoms with E-state index in [1.54, 1.807) is 13.8 Å². The zero-order chi connectivity index (χ0) is 19.1. The van der Waals surface area contributed by atoms with E-state index in [9.17, 15) is 18.0 Å². The molecule has 0 aromatic carbocycles. The summed E-state index contributed by atoms with van der Waals surface area (Å²) in [4.78, 5) is 11.9. The van der Waals surface area contributed by atoms with E-state index < -0.39 is 23.3 Å². The summed E-state index contributed by atoms with van der Waals surface area (Å²) >= 11 is 0. The second-order valence-corrected chi connectivity index (χ2v) is 6.47. The van der Waals surface area contributed by atoms with Gasteiger partial charge in [-0.15, -0.1) is 15.3 Å². The number of carbonyl (C=O) groups excluding carboxylic acids is 1. The third kappa shape index (κ3) is 3.06. The summed E-state index contributed by atoms with van der Waals surface area (Å²) in [6.07, 6.45) is -3.80. The first kappa shape index (κ1) is 18.4. The number of hydrogen-bond acceptors (Lipinski definition) is 6. The van der Waals surface area contributed by atoms with Crippen LogP contribution in [0.3, 0.4) is 0 Å². The highest BCUT2D eigenvalue weighted by atomic mass is 19.4. The number of carbonyl (C=O) groups is 1. The SMILES string of the molecule is Cc1c(NCC2(C(N)=O)CCOCC2)nn2c(C(F)(F)F)nnc2c1C. The zero-order valence-corrected chi connectivity index (χ0v) is 14.4. The first-order valence-electron chi connectivity index (χ1n) is 8.07. The molecule has 0 radical (unpaired) electrons. The van der Waals surface area contributed by atoms with Gasteiger partial charge in [0.1, 0.15) is 5.82 Å². The molecule has 3 heterocycles. The van der Waals surface area contributed by atoms with Crippen molar-refractivity contribution in [3.05, 3.63) is 17.0 Å².